The molecule has 6 heteroatoms. The molecule has 2 aliphatic heterocycles. The van der Waals surface area contributed by atoms with Crippen molar-refractivity contribution >= 4 is 28.8 Å². The van der Waals surface area contributed by atoms with Gasteiger partial charge in [0.2, 0.25) is 5.91 Å². The van der Waals surface area contributed by atoms with Crippen molar-refractivity contribution in [2.45, 2.75) is 18.7 Å². The summed E-state index contributed by atoms with van der Waals surface area (Å²) in [5.74, 6) is -0.982. The fourth-order valence-corrected chi connectivity index (χ4v) is 4.79. The van der Waals surface area contributed by atoms with E-state index in [-0.39, 0.29) is 24.4 Å². The van der Waals surface area contributed by atoms with E-state index in [0.29, 0.717) is 0 Å². The minimum absolute atomic E-state index is 0.171. The number of imide groups is 1. The Morgan fingerprint density at radius 3 is 2.25 bits per heavy atom. The van der Waals surface area contributed by atoms with Crippen LogP contribution in [0.25, 0.3) is 0 Å². The van der Waals surface area contributed by atoms with E-state index in [9.17, 15) is 9.59 Å². The predicted octanol–water partition coefficient (Wildman–Crippen LogP) is 3.79. The quantitative estimate of drug-likeness (QED) is 0.636. The number of hydrogen-bond acceptors (Lipinski definition) is 5. The fraction of sp³-hybridized carbons (Fsp3) is 0.182. The molecule has 2 amide bonds. The Bertz CT molecular complexity index is 991. The molecule has 3 heterocycles. The van der Waals surface area contributed by atoms with Gasteiger partial charge in [-0.1, -0.05) is 54.6 Å². The van der Waals surface area contributed by atoms with E-state index in [1.807, 2.05) is 78.2 Å². The second-order valence-electron chi connectivity index (χ2n) is 6.92. The molecule has 0 aliphatic carbocycles. The number of likely N-dealkylation sites (tertiary alicyclic amines) is 1. The molecule has 0 unspecified atom stereocenters. The number of para-hydroxylation sites is 1. The number of amides is 2. The maximum Gasteiger partial charge on any atom is 0.262 e. The van der Waals surface area contributed by atoms with Gasteiger partial charge in [-0.05, 0) is 29.1 Å². The Morgan fingerprint density at radius 1 is 0.857 bits per heavy atom. The summed E-state index contributed by atoms with van der Waals surface area (Å²) in [7, 11) is 0. The Morgan fingerprint density at radius 2 is 1.57 bits per heavy atom. The van der Waals surface area contributed by atoms with E-state index < -0.39 is 12.0 Å². The Balaban J connectivity index is 1.50. The second-order valence-corrected chi connectivity index (χ2v) is 7.90. The number of fused-ring (bicyclic) bond motifs is 1. The van der Waals surface area contributed by atoms with Crippen LogP contribution in [0.4, 0.5) is 5.69 Å². The van der Waals surface area contributed by atoms with Crippen molar-refractivity contribution < 1.29 is 14.4 Å². The third-order valence-electron chi connectivity index (χ3n) is 5.24. The predicted molar refractivity (Wildman–Crippen MR) is 106 cm³/mol. The van der Waals surface area contributed by atoms with Gasteiger partial charge < -0.3 is 0 Å². The number of carbonyl (C=O) groups is 2. The first kappa shape index (κ1) is 17.2. The van der Waals surface area contributed by atoms with Crippen LogP contribution in [0.1, 0.15) is 16.5 Å². The third kappa shape index (κ3) is 2.73. The third-order valence-corrected chi connectivity index (χ3v) is 6.18. The van der Waals surface area contributed by atoms with Gasteiger partial charge in [0, 0.05) is 4.88 Å². The van der Waals surface area contributed by atoms with Gasteiger partial charge in [0.15, 0.2) is 6.10 Å². The molecule has 0 bridgehead atoms. The van der Waals surface area contributed by atoms with Gasteiger partial charge in [0.1, 0.15) is 12.0 Å². The molecule has 0 N–H and O–H groups in total. The van der Waals surface area contributed by atoms with Crippen molar-refractivity contribution in [2.75, 3.05) is 5.06 Å². The summed E-state index contributed by atoms with van der Waals surface area (Å²) in [5, 5.41) is 3.71. The summed E-state index contributed by atoms with van der Waals surface area (Å²) in [6.45, 7) is 0.275. The van der Waals surface area contributed by atoms with Crippen molar-refractivity contribution in [3.05, 3.63) is 88.6 Å². The van der Waals surface area contributed by atoms with Crippen molar-refractivity contribution in [3.63, 3.8) is 0 Å². The number of anilines is 1. The molecule has 28 heavy (non-hydrogen) atoms. The molecule has 140 valence electrons. The van der Waals surface area contributed by atoms with E-state index >= 15 is 0 Å². The SMILES string of the molecule is O=C1[C@H]2[C@@H](c3cccs3)N(c3ccccc3)O[C@H]2C(=O)N1Cc1ccccc1. The van der Waals surface area contributed by atoms with Crippen LogP contribution in [0.2, 0.25) is 0 Å². The number of hydrogen-bond donors (Lipinski definition) is 0. The van der Waals surface area contributed by atoms with Crippen LogP contribution >= 0.6 is 11.3 Å². The van der Waals surface area contributed by atoms with Crippen LogP contribution in [-0.4, -0.2) is 22.8 Å². The average Bonchev–Trinajstić information content (AvgIpc) is 3.44. The minimum Gasteiger partial charge on any atom is -0.275 e. The number of benzene rings is 2. The molecule has 3 aromatic rings. The first-order valence-electron chi connectivity index (χ1n) is 9.17. The zero-order valence-corrected chi connectivity index (χ0v) is 15.8. The van der Waals surface area contributed by atoms with E-state index in [4.69, 9.17) is 4.84 Å². The lowest BCUT2D eigenvalue weighted by molar-refractivity contribution is -0.143. The molecule has 2 aromatic carbocycles. The van der Waals surface area contributed by atoms with Gasteiger partial charge >= 0.3 is 0 Å². The van der Waals surface area contributed by atoms with Crippen LogP contribution < -0.4 is 5.06 Å². The number of hydroxylamine groups is 1. The van der Waals surface area contributed by atoms with E-state index in [0.717, 1.165) is 16.1 Å². The minimum atomic E-state index is -0.788. The van der Waals surface area contributed by atoms with Gasteiger partial charge in [-0.3, -0.25) is 19.3 Å². The van der Waals surface area contributed by atoms with Crippen LogP contribution in [0, 0.1) is 5.92 Å². The largest absolute Gasteiger partial charge is 0.275 e. The lowest BCUT2D eigenvalue weighted by atomic mass is 9.95. The molecule has 0 saturated carbocycles. The van der Waals surface area contributed by atoms with Crippen molar-refractivity contribution in [1.29, 1.82) is 0 Å². The Hall–Kier alpha value is -2.96. The molecule has 5 rings (SSSR count). The summed E-state index contributed by atoms with van der Waals surface area (Å²) in [5.41, 5.74) is 1.77. The van der Waals surface area contributed by atoms with E-state index in [1.54, 1.807) is 16.4 Å². The highest BCUT2D eigenvalue weighted by atomic mass is 32.1. The molecule has 0 radical (unpaired) electrons. The number of carbonyl (C=O) groups excluding carboxylic acids is 2. The molecule has 1 aromatic heterocycles. The highest BCUT2D eigenvalue weighted by Gasteiger charge is 2.60. The second kappa shape index (κ2) is 6.89. The van der Waals surface area contributed by atoms with Crippen molar-refractivity contribution in [2.24, 2.45) is 5.92 Å². The smallest absolute Gasteiger partial charge is 0.262 e. The highest BCUT2D eigenvalue weighted by Crippen LogP contribution is 2.47. The molecule has 3 atom stereocenters. The zero-order valence-electron chi connectivity index (χ0n) is 15.0. The first-order chi connectivity index (χ1) is 13.7. The Kier molecular flexibility index (Phi) is 4.22. The monoisotopic (exact) mass is 390 g/mol. The standard InChI is InChI=1S/C22H18N2O3S/c25-21-18-19(17-12-7-13-28-17)24(16-10-5-2-6-11-16)27-20(18)22(26)23(21)14-15-8-3-1-4-9-15/h1-13,18-20H,14H2/t18-,19+,20+/m0/s1. The van der Waals surface area contributed by atoms with Crippen LogP contribution in [0.5, 0.6) is 0 Å². The maximum absolute atomic E-state index is 13.3. The number of nitrogens with zero attached hydrogens (tertiary/aromatic N) is 2. The van der Waals surface area contributed by atoms with Crippen molar-refractivity contribution in [1.82, 2.24) is 4.90 Å². The summed E-state index contributed by atoms with van der Waals surface area (Å²) in [6.07, 6.45) is -0.788. The fourth-order valence-electron chi connectivity index (χ4n) is 3.94. The van der Waals surface area contributed by atoms with E-state index in [1.165, 1.54) is 4.90 Å². The van der Waals surface area contributed by atoms with Gasteiger partial charge in [-0.2, -0.15) is 0 Å². The normalized spacial score (nSPS) is 24.1. The van der Waals surface area contributed by atoms with E-state index in [2.05, 4.69) is 0 Å². The molecule has 5 nitrogen and oxygen atoms in total. The van der Waals surface area contributed by atoms with Gasteiger partial charge in [0.25, 0.3) is 5.91 Å². The highest BCUT2D eigenvalue weighted by molar-refractivity contribution is 7.10. The summed E-state index contributed by atoms with van der Waals surface area (Å²) in [4.78, 5) is 34.8. The lowest BCUT2D eigenvalue weighted by Crippen LogP contribution is -2.36. The topological polar surface area (TPSA) is 49.9 Å². The summed E-state index contributed by atoms with van der Waals surface area (Å²) >= 11 is 1.57. The molecule has 0 spiro atoms. The molecule has 2 aliphatic rings. The number of rotatable bonds is 4. The van der Waals surface area contributed by atoms with Crippen LogP contribution in [0.15, 0.2) is 78.2 Å². The Labute approximate surface area is 166 Å². The molecule has 2 saturated heterocycles. The molecule has 2 fully saturated rings. The molecular formula is C22H18N2O3S. The first-order valence-corrected chi connectivity index (χ1v) is 10.1. The van der Waals surface area contributed by atoms with Crippen LogP contribution in [-0.2, 0) is 21.0 Å². The van der Waals surface area contributed by atoms with Crippen LogP contribution in [0.3, 0.4) is 0 Å². The zero-order chi connectivity index (χ0) is 19.1. The lowest BCUT2D eigenvalue weighted by Gasteiger charge is -2.27. The number of thiophene rings is 1. The molecular weight excluding hydrogens is 372 g/mol. The maximum atomic E-state index is 13.3. The average molecular weight is 390 g/mol. The van der Waals surface area contributed by atoms with Crippen molar-refractivity contribution in [3.8, 4) is 0 Å². The summed E-state index contributed by atoms with van der Waals surface area (Å²) in [6, 6.07) is 22.8. The van der Waals surface area contributed by atoms with Gasteiger partial charge in [-0.15, -0.1) is 11.3 Å². The van der Waals surface area contributed by atoms with Gasteiger partial charge in [0.05, 0.1) is 12.2 Å². The van der Waals surface area contributed by atoms with Gasteiger partial charge in [-0.25, -0.2) is 5.06 Å². The summed E-state index contributed by atoms with van der Waals surface area (Å²) < 4.78 is 0.